The minimum atomic E-state index is -0.149. The van der Waals surface area contributed by atoms with Crippen molar-refractivity contribution in [2.45, 2.75) is 32.6 Å². The van der Waals surface area contributed by atoms with Crippen molar-refractivity contribution in [3.05, 3.63) is 43.0 Å². The zero-order valence-electron chi connectivity index (χ0n) is 10.4. The molecule has 2 heteroatoms. The lowest BCUT2D eigenvalue weighted by Gasteiger charge is -2.13. The van der Waals surface area contributed by atoms with Crippen molar-refractivity contribution >= 4 is 5.97 Å². The Morgan fingerprint density at radius 2 is 2.12 bits per heavy atom. The molecule has 0 spiro atoms. The Labute approximate surface area is 103 Å². The lowest BCUT2D eigenvalue weighted by atomic mass is 9.99. The van der Waals surface area contributed by atoms with Crippen molar-refractivity contribution in [3.63, 3.8) is 0 Å². The van der Waals surface area contributed by atoms with Gasteiger partial charge < -0.3 is 4.74 Å². The molecule has 0 N–H and O–H groups in total. The molecule has 0 saturated carbocycles. The second-order valence-corrected chi connectivity index (χ2v) is 4.10. The summed E-state index contributed by atoms with van der Waals surface area (Å²) in [6.07, 6.45) is 5.47. The number of allylic oxidation sites excluding steroid dienone is 1. The van der Waals surface area contributed by atoms with E-state index in [0.29, 0.717) is 12.2 Å². The summed E-state index contributed by atoms with van der Waals surface area (Å²) < 4.78 is 5.34. The highest BCUT2D eigenvalue weighted by Gasteiger charge is 2.18. The molecule has 1 rings (SSSR count). The summed E-state index contributed by atoms with van der Waals surface area (Å²) in [6.45, 7) is 5.81. The van der Waals surface area contributed by atoms with Crippen LogP contribution in [0.15, 0.2) is 43.0 Å². The van der Waals surface area contributed by atoms with E-state index in [1.54, 1.807) is 18.2 Å². The molecule has 0 aromatic heterocycles. The number of para-hydroxylation sites is 1. The molecule has 0 aliphatic carbocycles. The molecule has 1 atom stereocenters. The van der Waals surface area contributed by atoms with Gasteiger partial charge >= 0.3 is 5.97 Å². The van der Waals surface area contributed by atoms with Gasteiger partial charge in [-0.3, -0.25) is 4.79 Å². The van der Waals surface area contributed by atoms with Crippen LogP contribution in [0.4, 0.5) is 0 Å². The maximum atomic E-state index is 11.9. The van der Waals surface area contributed by atoms with Gasteiger partial charge in [0.1, 0.15) is 5.75 Å². The number of ether oxygens (including phenoxy) is 1. The first-order chi connectivity index (χ1) is 8.27. The summed E-state index contributed by atoms with van der Waals surface area (Å²) in [4.78, 5) is 11.9. The number of esters is 1. The molecule has 0 aliphatic heterocycles. The normalized spacial score (nSPS) is 11.8. The van der Waals surface area contributed by atoms with Crippen LogP contribution in [0.1, 0.15) is 32.6 Å². The molecular weight excluding hydrogens is 212 g/mol. The maximum absolute atomic E-state index is 11.9. The Hall–Kier alpha value is -1.57. The van der Waals surface area contributed by atoms with Crippen LogP contribution in [0.3, 0.4) is 0 Å². The van der Waals surface area contributed by atoms with Gasteiger partial charge in [0, 0.05) is 0 Å². The third-order valence-corrected chi connectivity index (χ3v) is 2.65. The lowest BCUT2D eigenvalue weighted by molar-refractivity contribution is -0.139. The highest BCUT2D eigenvalue weighted by Crippen LogP contribution is 2.18. The first kappa shape index (κ1) is 13.5. The first-order valence-electron chi connectivity index (χ1n) is 6.15. The number of unbranched alkanes of at least 4 members (excludes halogenated alkanes) is 1. The van der Waals surface area contributed by atoms with Gasteiger partial charge in [-0.1, -0.05) is 44.0 Å². The first-order valence-corrected chi connectivity index (χ1v) is 6.15. The molecule has 1 aromatic rings. The number of carbonyl (C=O) groups excluding carboxylic acids is 1. The number of benzene rings is 1. The van der Waals surface area contributed by atoms with Crippen molar-refractivity contribution in [3.8, 4) is 5.75 Å². The highest BCUT2D eigenvalue weighted by atomic mass is 16.5. The van der Waals surface area contributed by atoms with Gasteiger partial charge in [0.25, 0.3) is 0 Å². The van der Waals surface area contributed by atoms with Crippen molar-refractivity contribution in [1.82, 2.24) is 0 Å². The number of hydrogen-bond acceptors (Lipinski definition) is 2. The summed E-state index contributed by atoms with van der Waals surface area (Å²) in [6, 6.07) is 9.20. The fraction of sp³-hybridized carbons (Fsp3) is 0.400. The topological polar surface area (TPSA) is 26.3 Å². The SMILES string of the molecule is C=CCC(CCCC)C(=O)Oc1ccccc1. The molecule has 0 aliphatic rings. The monoisotopic (exact) mass is 232 g/mol. The molecule has 0 saturated heterocycles. The Bertz CT molecular complexity index is 343. The number of hydrogen-bond donors (Lipinski definition) is 0. The van der Waals surface area contributed by atoms with Crippen LogP contribution in [0, 0.1) is 5.92 Å². The predicted molar refractivity (Wildman–Crippen MR) is 69.9 cm³/mol. The van der Waals surface area contributed by atoms with Crippen molar-refractivity contribution in [2.24, 2.45) is 5.92 Å². The Morgan fingerprint density at radius 1 is 1.41 bits per heavy atom. The second kappa shape index (κ2) is 7.66. The van der Waals surface area contributed by atoms with Crippen LogP contribution in [0.5, 0.6) is 5.75 Å². The van der Waals surface area contributed by atoms with E-state index >= 15 is 0 Å². The quantitative estimate of drug-likeness (QED) is 0.404. The predicted octanol–water partition coefficient (Wildman–Crippen LogP) is 3.97. The Kier molecular flexibility index (Phi) is 6.08. The summed E-state index contributed by atoms with van der Waals surface area (Å²) in [5.41, 5.74) is 0. The standard InChI is InChI=1S/C15H20O2/c1-3-5-10-13(9-4-2)15(16)17-14-11-7-6-8-12-14/h4,6-8,11-13H,2-3,5,9-10H2,1H3. The molecular formula is C15H20O2. The van der Waals surface area contributed by atoms with Gasteiger partial charge in [0.05, 0.1) is 5.92 Å². The third-order valence-electron chi connectivity index (χ3n) is 2.65. The summed E-state index contributed by atoms with van der Waals surface area (Å²) >= 11 is 0. The third kappa shape index (κ3) is 4.85. The van der Waals surface area contributed by atoms with Gasteiger partial charge in [0.2, 0.25) is 0 Å². The van der Waals surface area contributed by atoms with E-state index in [4.69, 9.17) is 4.74 Å². The van der Waals surface area contributed by atoms with Crippen LogP contribution in [-0.2, 0) is 4.79 Å². The molecule has 0 bridgehead atoms. The van der Waals surface area contributed by atoms with Crippen molar-refractivity contribution in [1.29, 1.82) is 0 Å². The minimum Gasteiger partial charge on any atom is -0.426 e. The lowest BCUT2D eigenvalue weighted by Crippen LogP contribution is -2.20. The number of rotatable bonds is 7. The van der Waals surface area contributed by atoms with E-state index < -0.39 is 0 Å². The zero-order chi connectivity index (χ0) is 12.5. The van der Waals surface area contributed by atoms with Crippen LogP contribution in [-0.4, -0.2) is 5.97 Å². The highest BCUT2D eigenvalue weighted by molar-refractivity contribution is 5.75. The van der Waals surface area contributed by atoms with E-state index in [1.807, 2.05) is 18.2 Å². The molecule has 92 valence electrons. The average Bonchev–Trinajstić information content (AvgIpc) is 2.35. The minimum absolute atomic E-state index is 0.0624. The van der Waals surface area contributed by atoms with Crippen LogP contribution in [0.25, 0.3) is 0 Å². The zero-order valence-corrected chi connectivity index (χ0v) is 10.4. The number of carbonyl (C=O) groups is 1. The maximum Gasteiger partial charge on any atom is 0.314 e. The molecule has 0 amide bonds. The molecule has 17 heavy (non-hydrogen) atoms. The fourth-order valence-corrected chi connectivity index (χ4v) is 1.67. The van der Waals surface area contributed by atoms with Crippen LogP contribution >= 0.6 is 0 Å². The summed E-state index contributed by atoms with van der Waals surface area (Å²) in [5.74, 6) is 0.403. The summed E-state index contributed by atoms with van der Waals surface area (Å²) in [7, 11) is 0. The van der Waals surface area contributed by atoms with Crippen LogP contribution in [0.2, 0.25) is 0 Å². The van der Waals surface area contributed by atoms with Gasteiger partial charge in [-0.2, -0.15) is 0 Å². The van der Waals surface area contributed by atoms with Gasteiger partial charge in [-0.15, -0.1) is 6.58 Å². The van der Waals surface area contributed by atoms with E-state index in [2.05, 4.69) is 13.5 Å². The molecule has 0 radical (unpaired) electrons. The van der Waals surface area contributed by atoms with E-state index in [1.165, 1.54) is 0 Å². The van der Waals surface area contributed by atoms with Crippen molar-refractivity contribution in [2.75, 3.05) is 0 Å². The largest absolute Gasteiger partial charge is 0.426 e. The second-order valence-electron chi connectivity index (χ2n) is 4.10. The average molecular weight is 232 g/mol. The smallest absolute Gasteiger partial charge is 0.314 e. The van der Waals surface area contributed by atoms with Gasteiger partial charge in [-0.25, -0.2) is 0 Å². The summed E-state index contributed by atoms with van der Waals surface area (Å²) in [5, 5.41) is 0. The van der Waals surface area contributed by atoms with Gasteiger partial charge in [-0.05, 0) is 25.0 Å². The van der Waals surface area contributed by atoms with Crippen LogP contribution < -0.4 is 4.74 Å². The van der Waals surface area contributed by atoms with Crippen molar-refractivity contribution < 1.29 is 9.53 Å². The Balaban J connectivity index is 2.55. The molecule has 1 aromatic carbocycles. The van der Waals surface area contributed by atoms with E-state index in [9.17, 15) is 4.79 Å². The fourth-order valence-electron chi connectivity index (χ4n) is 1.67. The van der Waals surface area contributed by atoms with E-state index in [0.717, 1.165) is 19.3 Å². The van der Waals surface area contributed by atoms with Gasteiger partial charge in [0.15, 0.2) is 0 Å². The van der Waals surface area contributed by atoms with E-state index in [-0.39, 0.29) is 11.9 Å². The Morgan fingerprint density at radius 3 is 2.71 bits per heavy atom. The molecule has 0 fully saturated rings. The molecule has 0 heterocycles. The molecule has 2 nitrogen and oxygen atoms in total. The molecule has 1 unspecified atom stereocenters.